The second-order valence-electron chi connectivity index (χ2n) is 6.32. The molecule has 0 aromatic heterocycles. The van der Waals surface area contributed by atoms with Crippen molar-refractivity contribution in [2.75, 3.05) is 33.9 Å². The van der Waals surface area contributed by atoms with Crippen LogP contribution in [0.25, 0.3) is 0 Å². The Balaban J connectivity index is 4.05. The maximum atomic E-state index is 11.9. The monoisotopic (exact) mass is 287 g/mol. The highest BCUT2D eigenvalue weighted by atomic mass is 16.5. The van der Waals surface area contributed by atoms with Gasteiger partial charge in [-0.1, -0.05) is 20.8 Å². The average Bonchev–Trinajstić information content (AvgIpc) is 2.26. The number of methoxy groups -OCH3 is 1. The maximum absolute atomic E-state index is 11.9. The fraction of sp³-hybridized carbons (Fsp3) is 0.857. The number of ether oxygens (including phenoxy) is 1. The molecule has 0 saturated carbocycles. The van der Waals surface area contributed by atoms with Gasteiger partial charge in [0.2, 0.25) is 11.8 Å². The fourth-order valence-electron chi connectivity index (χ4n) is 1.89. The quantitative estimate of drug-likeness (QED) is 0.631. The van der Waals surface area contributed by atoms with Crippen LogP contribution in [-0.4, -0.2) is 56.6 Å². The van der Waals surface area contributed by atoms with Crippen molar-refractivity contribution in [1.82, 2.24) is 10.2 Å². The number of carbonyl (C=O) groups excluding carboxylic acids is 2. The van der Waals surface area contributed by atoms with Gasteiger partial charge in [-0.2, -0.15) is 0 Å². The summed E-state index contributed by atoms with van der Waals surface area (Å²) in [5.41, 5.74) is 6.06. The molecular weight excluding hydrogens is 258 g/mol. The topological polar surface area (TPSA) is 84.7 Å². The number of rotatable bonds is 8. The van der Waals surface area contributed by atoms with E-state index in [0.29, 0.717) is 13.2 Å². The largest absolute Gasteiger partial charge is 0.383 e. The standard InChI is InChI=1S/C14H29N3O3/c1-14(2,3)9-11(15)8-13(19)17(4)10-12(18)16-6-7-20-5/h11H,6-10,15H2,1-5H3,(H,16,18). The van der Waals surface area contributed by atoms with Crippen LogP contribution in [0.2, 0.25) is 0 Å². The number of amides is 2. The van der Waals surface area contributed by atoms with Crippen LogP contribution in [0.3, 0.4) is 0 Å². The predicted molar refractivity (Wildman–Crippen MR) is 79.2 cm³/mol. The third kappa shape index (κ3) is 9.75. The van der Waals surface area contributed by atoms with Gasteiger partial charge in [0.15, 0.2) is 0 Å². The summed E-state index contributed by atoms with van der Waals surface area (Å²) in [7, 11) is 3.18. The number of likely N-dealkylation sites (N-methyl/N-ethyl adjacent to an activating group) is 1. The maximum Gasteiger partial charge on any atom is 0.239 e. The number of hydrogen-bond acceptors (Lipinski definition) is 4. The number of carbonyl (C=O) groups is 2. The molecule has 2 amide bonds. The Labute approximate surface area is 122 Å². The normalized spacial score (nSPS) is 12.9. The molecule has 6 nitrogen and oxygen atoms in total. The number of nitrogens with zero attached hydrogens (tertiary/aromatic N) is 1. The molecule has 0 aliphatic heterocycles. The molecule has 0 fully saturated rings. The van der Waals surface area contributed by atoms with Crippen LogP contribution < -0.4 is 11.1 Å². The summed E-state index contributed by atoms with van der Waals surface area (Å²) in [5, 5.41) is 2.67. The predicted octanol–water partition coefficient (Wildman–Crippen LogP) is 0.361. The summed E-state index contributed by atoms with van der Waals surface area (Å²) in [6.45, 7) is 7.21. The van der Waals surface area contributed by atoms with Gasteiger partial charge in [-0.05, 0) is 11.8 Å². The number of hydrogen-bond donors (Lipinski definition) is 2. The molecule has 0 bridgehead atoms. The van der Waals surface area contributed by atoms with Gasteiger partial charge in [0.05, 0.1) is 13.2 Å². The Morgan fingerprint density at radius 3 is 2.45 bits per heavy atom. The van der Waals surface area contributed by atoms with Crippen molar-refractivity contribution >= 4 is 11.8 Å². The van der Waals surface area contributed by atoms with Gasteiger partial charge in [0.1, 0.15) is 0 Å². The molecule has 0 rings (SSSR count). The van der Waals surface area contributed by atoms with Crippen molar-refractivity contribution in [2.45, 2.75) is 39.7 Å². The lowest BCUT2D eigenvalue weighted by Crippen LogP contribution is -2.41. The first kappa shape index (κ1) is 18.9. The van der Waals surface area contributed by atoms with E-state index in [1.165, 1.54) is 4.90 Å². The molecular formula is C14H29N3O3. The van der Waals surface area contributed by atoms with Crippen molar-refractivity contribution in [1.29, 1.82) is 0 Å². The second-order valence-corrected chi connectivity index (χ2v) is 6.32. The molecule has 0 aromatic carbocycles. The van der Waals surface area contributed by atoms with Crippen LogP contribution in [0, 0.1) is 5.41 Å². The van der Waals surface area contributed by atoms with Crippen LogP contribution >= 0.6 is 0 Å². The minimum atomic E-state index is -0.192. The molecule has 6 heteroatoms. The highest BCUT2D eigenvalue weighted by Gasteiger charge is 2.20. The molecule has 0 radical (unpaired) electrons. The molecule has 1 atom stereocenters. The van der Waals surface area contributed by atoms with E-state index in [2.05, 4.69) is 26.1 Å². The van der Waals surface area contributed by atoms with E-state index < -0.39 is 0 Å². The van der Waals surface area contributed by atoms with Crippen LogP contribution in [0.15, 0.2) is 0 Å². The molecule has 0 spiro atoms. The minimum Gasteiger partial charge on any atom is -0.383 e. The first-order chi connectivity index (χ1) is 9.15. The van der Waals surface area contributed by atoms with Gasteiger partial charge < -0.3 is 20.7 Å². The van der Waals surface area contributed by atoms with Crippen molar-refractivity contribution in [3.05, 3.63) is 0 Å². The van der Waals surface area contributed by atoms with E-state index in [1.807, 2.05) is 0 Å². The smallest absolute Gasteiger partial charge is 0.239 e. The van der Waals surface area contributed by atoms with Gasteiger partial charge in [0, 0.05) is 33.2 Å². The second kappa shape index (κ2) is 8.92. The molecule has 0 heterocycles. The number of nitrogens with one attached hydrogen (secondary N) is 1. The lowest BCUT2D eigenvalue weighted by atomic mass is 9.87. The van der Waals surface area contributed by atoms with Crippen LogP contribution in [0.1, 0.15) is 33.6 Å². The summed E-state index contributed by atoms with van der Waals surface area (Å²) in [4.78, 5) is 24.9. The minimum absolute atomic E-state index is 0.0464. The molecule has 0 aromatic rings. The Bertz CT molecular complexity index is 313. The first-order valence-electron chi connectivity index (χ1n) is 6.91. The van der Waals surface area contributed by atoms with E-state index in [0.717, 1.165) is 6.42 Å². The van der Waals surface area contributed by atoms with Gasteiger partial charge in [-0.25, -0.2) is 0 Å². The fourth-order valence-corrected chi connectivity index (χ4v) is 1.89. The summed E-state index contributed by atoms with van der Waals surface area (Å²) in [6.07, 6.45) is 1.03. The van der Waals surface area contributed by atoms with Crippen molar-refractivity contribution in [2.24, 2.45) is 11.1 Å². The zero-order valence-electron chi connectivity index (χ0n) is 13.4. The van der Waals surface area contributed by atoms with Crippen molar-refractivity contribution in [3.63, 3.8) is 0 Å². The average molecular weight is 287 g/mol. The van der Waals surface area contributed by atoms with Gasteiger partial charge in [0.25, 0.3) is 0 Å². The Hall–Kier alpha value is -1.14. The third-order valence-electron chi connectivity index (χ3n) is 2.75. The lowest BCUT2D eigenvalue weighted by molar-refractivity contribution is -0.135. The van der Waals surface area contributed by atoms with Gasteiger partial charge in [-0.3, -0.25) is 9.59 Å². The first-order valence-corrected chi connectivity index (χ1v) is 6.91. The summed E-state index contributed by atoms with van der Waals surface area (Å²) < 4.78 is 4.83. The molecule has 0 aliphatic rings. The molecule has 0 saturated heterocycles. The summed E-state index contributed by atoms with van der Waals surface area (Å²) >= 11 is 0. The zero-order valence-corrected chi connectivity index (χ0v) is 13.4. The zero-order chi connectivity index (χ0) is 15.8. The van der Waals surface area contributed by atoms with Crippen LogP contribution in [-0.2, 0) is 14.3 Å². The van der Waals surface area contributed by atoms with E-state index >= 15 is 0 Å². The Morgan fingerprint density at radius 2 is 1.95 bits per heavy atom. The van der Waals surface area contributed by atoms with E-state index in [9.17, 15) is 9.59 Å². The highest BCUT2D eigenvalue weighted by Crippen LogP contribution is 2.21. The molecule has 0 aliphatic carbocycles. The van der Waals surface area contributed by atoms with Gasteiger partial charge in [-0.15, -0.1) is 0 Å². The number of nitrogens with two attached hydrogens (primary N) is 1. The summed E-state index contributed by atoms with van der Waals surface area (Å²) in [6, 6.07) is -0.179. The van der Waals surface area contributed by atoms with Gasteiger partial charge >= 0.3 is 0 Å². The molecule has 20 heavy (non-hydrogen) atoms. The van der Waals surface area contributed by atoms with E-state index in [4.69, 9.17) is 10.5 Å². The molecule has 118 valence electrons. The third-order valence-corrected chi connectivity index (χ3v) is 2.75. The Morgan fingerprint density at radius 1 is 1.35 bits per heavy atom. The lowest BCUT2D eigenvalue weighted by Gasteiger charge is -2.24. The van der Waals surface area contributed by atoms with Crippen molar-refractivity contribution < 1.29 is 14.3 Å². The van der Waals surface area contributed by atoms with E-state index in [-0.39, 0.29) is 36.2 Å². The molecule has 1 unspecified atom stereocenters. The van der Waals surface area contributed by atoms with E-state index in [1.54, 1.807) is 14.2 Å². The highest BCUT2D eigenvalue weighted by molar-refractivity contribution is 5.84. The van der Waals surface area contributed by atoms with Crippen molar-refractivity contribution in [3.8, 4) is 0 Å². The van der Waals surface area contributed by atoms with Crippen LogP contribution in [0.4, 0.5) is 0 Å². The van der Waals surface area contributed by atoms with Crippen LogP contribution in [0.5, 0.6) is 0 Å². The molecule has 3 N–H and O–H groups in total. The summed E-state index contributed by atoms with van der Waals surface area (Å²) in [5.74, 6) is -0.300. The SMILES string of the molecule is COCCNC(=O)CN(C)C(=O)CC(N)CC(C)(C)C. The Kier molecular flexibility index (Phi) is 8.41.